The van der Waals surface area contributed by atoms with E-state index in [4.69, 9.17) is 0 Å². The Morgan fingerprint density at radius 2 is 1.79 bits per heavy atom. The van der Waals surface area contributed by atoms with Crippen molar-refractivity contribution < 1.29 is 13.6 Å². The molecule has 0 unspecified atom stereocenters. The molecular weight excluding hydrogens is 426 g/mol. The molecule has 33 heavy (non-hydrogen) atoms. The Labute approximate surface area is 187 Å². The van der Waals surface area contributed by atoms with E-state index in [1.165, 1.54) is 12.3 Å². The van der Waals surface area contributed by atoms with E-state index < -0.39 is 12.3 Å². The fourth-order valence-corrected chi connectivity index (χ4v) is 3.52. The minimum Gasteiger partial charge on any atom is -0.348 e. The van der Waals surface area contributed by atoms with Gasteiger partial charge < -0.3 is 5.32 Å². The lowest BCUT2D eigenvalue weighted by molar-refractivity contribution is 0.0952. The van der Waals surface area contributed by atoms with Gasteiger partial charge in [0.1, 0.15) is 11.3 Å². The van der Waals surface area contributed by atoms with E-state index in [0.717, 1.165) is 15.8 Å². The van der Waals surface area contributed by atoms with Gasteiger partial charge in [0.2, 0.25) is 0 Å². The average molecular weight is 444 g/mol. The molecule has 0 atom stereocenters. The summed E-state index contributed by atoms with van der Waals surface area (Å²) in [6.45, 7) is 0.260. The lowest BCUT2D eigenvalue weighted by Crippen LogP contribution is -2.23. The molecule has 7 nitrogen and oxygen atoms in total. The molecule has 164 valence electrons. The van der Waals surface area contributed by atoms with Crippen molar-refractivity contribution in [1.82, 2.24) is 29.7 Å². The van der Waals surface area contributed by atoms with E-state index in [1.807, 2.05) is 42.6 Å². The largest absolute Gasteiger partial charge is 0.348 e. The van der Waals surface area contributed by atoms with Gasteiger partial charge in [-0.3, -0.25) is 4.79 Å². The molecule has 2 aromatic carbocycles. The van der Waals surface area contributed by atoms with Gasteiger partial charge in [0, 0.05) is 24.5 Å². The number of carbonyl (C=O) groups excluding carboxylic acids is 1. The molecule has 0 saturated carbocycles. The van der Waals surface area contributed by atoms with Gasteiger partial charge in [0.25, 0.3) is 12.3 Å². The molecular formula is C24H18F2N6O. The summed E-state index contributed by atoms with van der Waals surface area (Å²) < 4.78 is 30.2. The summed E-state index contributed by atoms with van der Waals surface area (Å²) in [5, 5.41) is 11.0. The number of hydrogen-bond acceptors (Lipinski definition) is 4. The summed E-state index contributed by atoms with van der Waals surface area (Å²) in [7, 11) is 0. The van der Waals surface area contributed by atoms with Gasteiger partial charge in [-0.15, -0.1) is 0 Å². The topological polar surface area (TPSA) is 77.1 Å². The summed E-state index contributed by atoms with van der Waals surface area (Å²) >= 11 is 0. The third-order valence-electron chi connectivity index (χ3n) is 5.20. The minimum absolute atomic E-state index is 0.0817. The van der Waals surface area contributed by atoms with E-state index in [2.05, 4.69) is 20.5 Å². The van der Waals surface area contributed by atoms with Crippen LogP contribution in [0.3, 0.4) is 0 Å². The number of alkyl halides is 2. The second-order valence-corrected chi connectivity index (χ2v) is 7.33. The molecule has 1 N–H and O–H groups in total. The SMILES string of the molecule is O=C(NCc1ccc(-n2cccn2)cc1)c1cnn2c(C(F)F)cc(-c3ccccc3)nc12. The van der Waals surface area contributed by atoms with Gasteiger partial charge in [-0.05, 0) is 29.8 Å². The van der Waals surface area contributed by atoms with Gasteiger partial charge in [-0.1, -0.05) is 42.5 Å². The summed E-state index contributed by atoms with van der Waals surface area (Å²) in [4.78, 5) is 17.3. The van der Waals surface area contributed by atoms with Crippen LogP contribution in [0.5, 0.6) is 0 Å². The first-order valence-electron chi connectivity index (χ1n) is 10.2. The number of benzene rings is 2. The van der Waals surface area contributed by atoms with Crippen molar-refractivity contribution >= 4 is 11.6 Å². The van der Waals surface area contributed by atoms with Crippen LogP contribution in [0.4, 0.5) is 8.78 Å². The van der Waals surface area contributed by atoms with Crippen molar-refractivity contribution in [1.29, 1.82) is 0 Å². The van der Waals surface area contributed by atoms with Crippen LogP contribution in [0, 0.1) is 0 Å². The van der Waals surface area contributed by atoms with Crippen molar-refractivity contribution in [2.75, 3.05) is 0 Å². The molecule has 5 rings (SSSR count). The Balaban J connectivity index is 1.41. The second-order valence-electron chi connectivity index (χ2n) is 7.33. The molecule has 0 aliphatic carbocycles. The number of hydrogen-bond donors (Lipinski definition) is 1. The molecule has 0 radical (unpaired) electrons. The van der Waals surface area contributed by atoms with Gasteiger partial charge in [-0.25, -0.2) is 23.0 Å². The lowest BCUT2D eigenvalue weighted by atomic mass is 10.1. The van der Waals surface area contributed by atoms with Crippen LogP contribution < -0.4 is 5.32 Å². The first-order valence-corrected chi connectivity index (χ1v) is 10.2. The zero-order chi connectivity index (χ0) is 22.8. The maximum absolute atomic E-state index is 13.7. The Bertz CT molecular complexity index is 1400. The number of halogens is 2. The fraction of sp³-hybridized carbons (Fsp3) is 0.0833. The quantitative estimate of drug-likeness (QED) is 0.420. The van der Waals surface area contributed by atoms with Crippen molar-refractivity contribution in [3.05, 3.63) is 102 Å². The fourth-order valence-electron chi connectivity index (χ4n) is 3.52. The summed E-state index contributed by atoms with van der Waals surface area (Å²) in [6, 6.07) is 19.7. The molecule has 3 aromatic heterocycles. The normalized spacial score (nSPS) is 11.2. The average Bonchev–Trinajstić information content (AvgIpc) is 3.53. The lowest BCUT2D eigenvalue weighted by Gasteiger charge is -2.09. The predicted octanol–water partition coefficient (Wildman–Crippen LogP) is 4.45. The first kappa shape index (κ1) is 20.5. The summed E-state index contributed by atoms with van der Waals surface area (Å²) in [5.41, 5.74) is 2.68. The molecule has 5 aromatic rings. The van der Waals surface area contributed by atoms with Crippen LogP contribution in [0.15, 0.2) is 85.3 Å². The Morgan fingerprint density at radius 3 is 2.48 bits per heavy atom. The molecule has 3 heterocycles. The highest BCUT2D eigenvalue weighted by Crippen LogP contribution is 2.26. The molecule has 0 spiro atoms. The Morgan fingerprint density at radius 1 is 1.00 bits per heavy atom. The maximum atomic E-state index is 13.7. The highest BCUT2D eigenvalue weighted by atomic mass is 19.3. The summed E-state index contributed by atoms with van der Waals surface area (Å²) in [5.74, 6) is -0.445. The number of rotatable bonds is 6. The number of nitrogens with zero attached hydrogens (tertiary/aromatic N) is 5. The number of amides is 1. The zero-order valence-electron chi connectivity index (χ0n) is 17.3. The van der Waals surface area contributed by atoms with Crippen molar-refractivity contribution in [3.8, 4) is 16.9 Å². The number of aromatic nitrogens is 5. The smallest absolute Gasteiger partial charge is 0.280 e. The van der Waals surface area contributed by atoms with E-state index >= 15 is 0 Å². The van der Waals surface area contributed by atoms with E-state index in [9.17, 15) is 13.6 Å². The van der Waals surface area contributed by atoms with Crippen LogP contribution in [-0.4, -0.2) is 30.3 Å². The van der Waals surface area contributed by atoms with Crippen LogP contribution in [0.1, 0.15) is 28.0 Å². The highest BCUT2D eigenvalue weighted by Gasteiger charge is 2.21. The number of carbonyl (C=O) groups is 1. The van der Waals surface area contributed by atoms with E-state index in [1.54, 1.807) is 35.1 Å². The number of fused-ring (bicyclic) bond motifs is 1. The van der Waals surface area contributed by atoms with Gasteiger partial charge >= 0.3 is 0 Å². The number of nitrogens with one attached hydrogen (secondary N) is 1. The first-order chi connectivity index (χ1) is 16.1. The molecule has 9 heteroatoms. The van der Waals surface area contributed by atoms with Gasteiger partial charge in [0.15, 0.2) is 5.65 Å². The van der Waals surface area contributed by atoms with Crippen LogP contribution >= 0.6 is 0 Å². The zero-order valence-corrected chi connectivity index (χ0v) is 17.3. The van der Waals surface area contributed by atoms with Crippen LogP contribution in [-0.2, 0) is 6.54 Å². The Kier molecular flexibility index (Phi) is 5.35. The third kappa shape index (κ3) is 4.08. The van der Waals surface area contributed by atoms with Gasteiger partial charge in [-0.2, -0.15) is 10.2 Å². The highest BCUT2D eigenvalue weighted by molar-refractivity contribution is 5.99. The van der Waals surface area contributed by atoms with E-state index in [0.29, 0.717) is 11.3 Å². The van der Waals surface area contributed by atoms with Crippen molar-refractivity contribution in [3.63, 3.8) is 0 Å². The van der Waals surface area contributed by atoms with Crippen molar-refractivity contribution in [2.24, 2.45) is 0 Å². The predicted molar refractivity (Wildman–Crippen MR) is 118 cm³/mol. The molecule has 0 bridgehead atoms. The third-order valence-corrected chi connectivity index (χ3v) is 5.20. The van der Waals surface area contributed by atoms with Crippen molar-refractivity contribution in [2.45, 2.75) is 13.0 Å². The molecule has 0 fully saturated rings. The molecule has 0 aliphatic heterocycles. The van der Waals surface area contributed by atoms with Crippen LogP contribution in [0.2, 0.25) is 0 Å². The monoisotopic (exact) mass is 444 g/mol. The van der Waals surface area contributed by atoms with Gasteiger partial charge in [0.05, 0.1) is 17.6 Å². The molecule has 0 saturated heterocycles. The van der Waals surface area contributed by atoms with Crippen LogP contribution in [0.25, 0.3) is 22.6 Å². The minimum atomic E-state index is -2.78. The second kappa shape index (κ2) is 8.62. The summed E-state index contributed by atoms with van der Waals surface area (Å²) in [6.07, 6.45) is 2.02. The molecule has 0 aliphatic rings. The maximum Gasteiger partial charge on any atom is 0.280 e. The van der Waals surface area contributed by atoms with E-state index in [-0.39, 0.29) is 23.4 Å². The Hall–Kier alpha value is -4.40. The molecule has 1 amide bonds. The standard InChI is InChI=1S/C24H18F2N6O/c25-22(26)21-13-20(17-5-2-1-3-6-17)30-23-19(15-29-32(21)23)24(33)27-14-16-7-9-18(10-8-16)31-12-4-11-28-31/h1-13,15,22H,14H2,(H,27,33).